The lowest BCUT2D eigenvalue weighted by atomic mass is 10.4. The second-order valence-electron chi connectivity index (χ2n) is 3.63. The minimum Gasteiger partial charge on any atom is -0.481 e. The van der Waals surface area contributed by atoms with Gasteiger partial charge in [0, 0.05) is 18.7 Å². The molecule has 0 unspecified atom stereocenters. The number of nitrogens with one attached hydrogen (secondary N) is 1. The monoisotopic (exact) mass is 232 g/mol. The smallest absolute Gasteiger partial charge is 0.214 e. The van der Waals surface area contributed by atoms with Gasteiger partial charge in [0.05, 0.1) is 13.3 Å². The molecule has 90 valence electrons. The molecule has 2 aromatic rings. The molecular formula is C12H16N4O. The SMILES string of the molecule is CCCn1nccc1Nc1cccc(OC)n1. The van der Waals surface area contributed by atoms with Gasteiger partial charge < -0.3 is 10.1 Å². The van der Waals surface area contributed by atoms with Gasteiger partial charge in [-0.2, -0.15) is 10.1 Å². The van der Waals surface area contributed by atoms with Crippen LogP contribution in [0.5, 0.6) is 5.88 Å². The van der Waals surface area contributed by atoms with Crippen LogP contribution in [0.2, 0.25) is 0 Å². The minimum atomic E-state index is 0.594. The number of hydrogen-bond donors (Lipinski definition) is 1. The van der Waals surface area contributed by atoms with Crippen LogP contribution < -0.4 is 10.1 Å². The summed E-state index contributed by atoms with van der Waals surface area (Å²) in [5.41, 5.74) is 0. The van der Waals surface area contributed by atoms with E-state index in [-0.39, 0.29) is 0 Å². The standard InChI is InChI=1S/C12H16N4O/c1-3-9-16-11(7-8-13-16)14-10-5-4-6-12(15-10)17-2/h4-8H,3,9H2,1-2H3,(H,14,15). The van der Waals surface area contributed by atoms with Crippen molar-refractivity contribution in [3.05, 3.63) is 30.5 Å². The highest BCUT2D eigenvalue weighted by Crippen LogP contribution is 2.16. The van der Waals surface area contributed by atoms with Gasteiger partial charge in [0.1, 0.15) is 11.6 Å². The first-order valence-electron chi connectivity index (χ1n) is 5.63. The third-order valence-corrected chi connectivity index (χ3v) is 2.34. The third-order valence-electron chi connectivity index (χ3n) is 2.34. The molecule has 0 amide bonds. The van der Waals surface area contributed by atoms with E-state index in [1.807, 2.05) is 28.9 Å². The lowest BCUT2D eigenvalue weighted by molar-refractivity contribution is 0.398. The molecule has 5 heteroatoms. The van der Waals surface area contributed by atoms with Gasteiger partial charge in [-0.15, -0.1) is 0 Å². The van der Waals surface area contributed by atoms with E-state index in [1.54, 1.807) is 13.3 Å². The Morgan fingerprint density at radius 3 is 3.00 bits per heavy atom. The molecule has 0 aliphatic rings. The molecule has 2 aromatic heterocycles. The Bertz CT molecular complexity index is 481. The molecule has 0 radical (unpaired) electrons. The summed E-state index contributed by atoms with van der Waals surface area (Å²) >= 11 is 0. The van der Waals surface area contributed by atoms with E-state index in [1.165, 1.54) is 0 Å². The van der Waals surface area contributed by atoms with Crippen LogP contribution in [0.15, 0.2) is 30.5 Å². The summed E-state index contributed by atoms with van der Waals surface area (Å²) in [6.07, 6.45) is 2.82. The van der Waals surface area contributed by atoms with Crippen molar-refractivity contribution in [2.45, 2.75) is 19.9 Å². The first-order valence-corrected chi connectivity index (χ1v) is 5.63. The van der Waals surface area contributed by atoms with Crippen molar-refractivity contribution < 1.29 is 4.74 Å². The molecule has 2 rings (SSSR count). The highest BCUT2D eigenvalue weighted by atomic mass is 16.5. The summed E-state index contributed by atoms with van der Waals surface area (Å²) in [4.78, 5) is 4.29. The van der Waals surface area contributed by atoms with Crippen molar-refractivity contribution >= 4 is 11.6 Å². The number of hydrogen-bond acceptors (Lipinski definition) is 4. The molecule has 1 N–H and O–H groups in total. The summed E-state index contributed by atoms with van der Waals surface area (Å²) in [6.45, 7) is 3.01. The molecule has 0 aliphatic heterocycles. The fourth-order valence-electron chi connectivity index (χ4n) is 1.56. The highest BCUT2D eigenvalue weighted by Gasteiger charge is 2.03. The fourth-order valence-corrected chi connectivity index (χ4v) is 1.56. The van der Waals surface area contributed by atoms with Crippen molar-refractivity contribution in [1.82, 2.24) is 14.8 Å². The van der Waals surface area contributed by atoms with Crippen LogP contribution >= 0.6 is 0 Å². The van der Waals surface area contributed by atoms with E-state index in [2.05, 4.69) is 22.3 Å². The van der Waals surface area contributed by atoms with Crippen LogP contribution in [0.25, 0.3) is 0 Å². The van der Waals surface area contributed by atoms with Crippen molar-refractivity contribution in [1.29, 1.82) is 0 Å². The molecule has 0 spiro atoms. The maximum atomic E-state index is 5.08. The predicted octanol–water partition coefficient (Wildman–Crippen LogP) is 2.44. The molecule has 0 saturated heterocycles. The van der Waals surface area contributed by atoms with E-state index < -0.39 is 0 Å². The van der Waals surface area contributed by atoms with Crippen molar-refractivity contribution in [3.63, 3.8) is 0 Å². The maximum Gasteiger partial charge on any atom is 0.214 e. The summed E-state index contributed by atoms with van der Waals surface area (Å²) in [5.74, 6) is 2.28. The van der Waals surface area contributed by atoms with Gasteiger partial charge in [0.15, 0.2) is 0 Å². The van der Waals surface area contributed by atoms with E-state index in [0.717, 1.165) is 24.6 Å². The number of anilines is 2. The van der Waals surface area contributed by atoms with E-state index >= 15 is 0 Å². The molecule has 2 heterocycles. The van der Waals surface area contributed by atoms with Crippen LogP contribution in [0.3, 0.4) is 0 Å². The van der Waals surface area contributed by atoms with Crippen molar-refractivity contribution in [2.75, 3.05) is 12.4 Å². The number of pyridine rings is 1. The first-order chi connectivity index (χ1) is 8.33. The van der Waals surface area contributed by atoms with Gasteiger partial charge in [0.25, 0.3) is 0 Å². The summed E-state index contributed by atoms with van der Waals surface area (Å²) in [7, 11) is 1.60. The number of nitrogens with zero attached hydrogens (tertiary/aromatic N) is 3. The van der Waals surface area contributed by atoms with Crippen molar-refractivity contribution in [3.8, 4) is 5.88 Å². The Morgan fingerprint density at radius 2 is 2.24 bits per heavy atom. The third kappa shape index (κ3) is 2.75. The molecule has 17 heavy (non-hydrogen) atoms. The quantitative estimate of drug-likeness (QED) is 0.860. The zero-order chi connectivity index (χ0) is 12.1. The number of aryl methyl sites for hydroxylation is 1. The Balaban J connectivity index is 2.16. The molecule has 0 fully saturated rings. The molecule has 5 nitrogen and oxygen atoms in total. The average molecular weight is 232 g/mol. The zero-order valence-corrected chi connectivity index (χ0v) is 10.1. The molecule has 0 bridgehead atoms. The van der Waals surface area contributed by atoms with Crippen LogP contribution in [-0.2, 0) is 6.54 Å². The second-order valence-corrected chi connectivity index (χ2v) is 3.63. The molecule has 0 aromatic carbocycles. The second kappa shape index (κ2) is 5.34. The fraction of sp³-hybridized carbons (Fsp3) is 0.333. The average Bonchev–Trinajstić information content (AvgIpc) is 2.78. The first kappa shape index (κ1) is 11.4. The molecule has 0 saturated carbocycles. The van der Waals surface area contributed by atoms with Crippen LogP contribution in [0.4, 0.5) is 11.6 Å². The molecular weight excluding hydrogens is 216 g/mol. The Morgan fingerprint density at radius 1 is 1.35 bits per heavy atom. The predicted molar refractivity (Wildman–Crippen MR) is 66.6 cm³/mol. The Kier molecular flexibility index (Phi) is 3.59. The molecule has 0 atom stereocenters. The van der Waals surface area contributed by atoms with Crippen LogP contribution in [0, 0.1) is 0 Å². The topological polar surface area (TPSA) is 52.0 Å². The Labute approximate surface area is 100 Å². The van der Waals surface area contributed by atoms with E-state index in [9.17, 15) is 0 Å². The van der Waals surface area contributed by atoms with Gasteiger partial charge in [-0.3, -0.25) is 0 Å². The largest absolute Gasteiger partial charge is 0.481 e. The van der Waals surface area contributed by atoms with Crippen LogP contribution in [-0.4, -0.2) is 21.9 Å². The van der Waals surface area contributed by atoms with E-state index in [4.69, 9.17) is 4.74 Å². The van der Waals surface area contributed by atoms with E-state index in [0.29, 0.717) is 5.88 Å². The lowest BCUT2D eigenvalue weighted by Crippen LogP contribution is -2.05. The van der Waals surface area contributed by atoms with Crippen molar-refractivity contribution in [2.24, 2.45) is 0 Å². The minimum absolute atomic E-state index is 0.594. The lowest BCUT2D eigenvalue weighted by Gasteiger charge is -2.08. The summed E-state index contributed by atoms with van der Waals surface area (Å²) in [5, 5.41) is 7.46. The van der Waals surface area contributed by atoms with Crippen LogP contribution in [0.1, 0.15) is 13.3 Å². The molecule has 0 aliphatic carbocycles. The van der Waals surface area contributed by atoms with Gasteiger partial charge in [-0.25, -0.2) is 4.68 Å². The number of rotatable bonds is 5. The maximum absolute atomic E-state index is 5.08. The summed E-state index contributed by atoms with van der Waals surface area (Å²) in [6, 6.07) is 7.53. The van der Waals surface area contributed by atoms with Gasteiger partial charge in [-0.1, -0.05) is 13.0 Å². The van der Waals surface area contributed by atoms with Gasteiger partial charge in [0.2, 0.25) is 5.88 Å². The number of methoxy groups -OCH3 is 1. The van der Waals surface area contributed by atoms with Gasteiger partial charge in [-0.05, 0) is 12.5 Å². The summed E-state index contributed by atoms with van der Waals surface area (Å²) < 4.78 is 7.00. The highest BCUT2D eigenvalue weighted by molar-refractivity contribution is 5.52. The number of ether oxygens (including phenoxy) is 1. The number of aromatic nitrogens is 3. The normalized spacial score (nSPS) is 10.2. The zero-order valence-electron chi connectivity index (χ0n) is 10.1. The Hall–Kier alpha value is -2.04. The van der Waals surface area contributed by atoms with Gasteiger partial charge >= 0.3 is 0 Å².